The van der Waals surface area contributed by atoms with Crippen LogP contribution in [0, 0.1) is 5.92 Å². The lowest BCUT2D eigenvalue weighted by molar-refractivity contribution is 0.147. The summed E-state index contributed by atoms with van der Waals surface area (Å²) in [6, 6.07) is 0.516. The summed E-state index contributed by atoms with van der Waals surface area (Å²) in [4.78, 5) is 16.3. The Labute approximate surface area is 164 Å². The molecule has 0 heterocycles. The van der Waals surface area contributed by atoms with Crippen LogP contribution in [0.2, 0.25) is 0 Å². The van der Waals surface area contributed by atoms with Gasteiger partial charge < -0.3 is 20.7 Å². The van der Waals surface area contributed by atoms with Crippen LogP contribution in [0.15, 0.2) is 4.99 Å². The Morgan fingerprint density at radius 1 is 1.25 bits per heavy atom. The van der Waals surface area contributed by atoms with Crippen molar-refractivity contribution in [2.75, 3.05) is 19.7 Å². The molecule has 1 fully saturated rings. The fourth-order valence-electron chi connectivity index (χ4n) is 2.87. The molecule has 1 amide bonds. The molecule has 1 atom stereocenters. The molecule has 7 heteroatoms. The van der Waals surface area contributed by atoms with E-state index >= 15 is 0 Å². The summed E-state index contributed by atoms with van der Waals surface area (Å²) in [6.45, 7) is 9.93. The summed E-state index contributed by atoms with van der Waals surface area (Å²) in [6.07, 6.45) is 5.52. The van der Waals surface area contributed by atoms with Crippen LogP contribution in [0.3, 0.4) is 0 Å². The fourth-order valence-corrected chi connectivity index (χ4v) is 2.87. The molecule has 0 radical (unpaired) electrons. The largest absolute Gasteiger partial charge is 0.450 e. The van der Waals surface area contributed by atoms with Crippen molar-refractivity contribution in [2.24, 2.45) is 10.9 Å². The van der Waals surface area contributed by atoms with Crippen LogP contribution in [0.1, 0.15) is 59.8 Å². The quantitative estimate of drug-likeness (QED) is 0.299. The Morgan fingerprint density at radius 3 is 2.46 bits per heavy atom. The molecule has 1 aliphatic carbocycles. The van der Waals surface area contributed by atoms with Crippen LogP contribution in [0.25, 0.3) is 0 Å². The third-order valence-electron chi connectivity index (χ3n) is 3.86. The molecule has 6 nitrogen and oxygen atoms in total. The molecule has 24 heavy (non-hydrogen) atoms. The Hall–Kier alpha value is -0.730. The SMILES string of the molecule is CCNC(=NCC(CC(C)C)NC(=O)OCC)NC1CCCC1.I. The minimum Gasteiger partial charge on any atom is -0.450 e. The molecule has 1 saturated carbocycles. The minimum absolute atomic E-state index is 0. The van der Waals surface area contributed by atoms with Gasteiger partial charge in [-0.15, -0.1) is 24.0 Å². The molecular weight excluding hydrogens is 419 g/mol. The summed E-state index contributed by atoms with van der Waals surface area (Å²) in [5, 5.41) is 9.71. The van der Waals surface area contributed by atoms with E-state index < -0.39 is 0 Å². The van der Waals surface area contributed by atoms with E-state index in [2.05, 4.69) is 41.7 Å². The van der Waals surface area contributed by atoms with Gasteiger partial charge in [0.05, 0.1) is 19.2 Å². The molecule has 1 aliphatic rings. The maximum absolute atomic E-state index is 11.7. The van der Waals surface area contributed by atoms with E-state index in [-0.39, 0.29) is 36.1 Å². The first-order valence-electron chi connectivity index (χ1n) is 9.03. The average molecular weight is 454 g/mol. The highest BCUT2D eigenvalue weighted by atomic mass is 127. The van der Waals surface area contributed by atoms with E-state index in [0.29, 0.717) is 25.1 Å². The molecule has 3 N–H and O–H groups in total. The number of ether oxygens (including phenoxy) is 1. The molecular formula is C17H35IN4O2. The Bertz CT molecular complexity index is 372. The van der Waals surface area contributed by atoms with Crippen LogP contribution in [0.4, 0.5) is 4.79 Å². The molecule has 0 spiro atoms. The number of nitrogens with zero attached hydrogens (tertiary/aromatic N) is 1. The van der Waals surface area contributed by atoms with Gasteiger partial charge in [-0.1, -0.05) is 26.7 Å². The van der Waals surface area contributed by atoms with Gasteiger partial charge in [0.15, 0.2) is 5.96 Å². The number of halogens is 1. The van der Waals surface area contributed by atoms with Crippen molar-refractivity contribution in [1.82, 2.24) is 16.0 Å². The zero-order valence-electron chi connectivity index (χ0n) is 15.6. The summed E-state index contributed by atoms with van der Waals surface area (Å²) < 4.78 is 4.99. The van der Waals surface area contributed by atoms with Gasteiger partial charge in [-0.05, 0) is 39.0 Å². The average Bonchev–Trinajstić information content (AvgIpc) is 2.97. The van der Waals surface area contributed by atoms with Crippen molar-refractivity contribution in [1.29, 1.82) is 0 Å². The molecule has 1 unspecified atom stereocenters. The number of amides is 1. The third-order valence-corrected chi connectivity index (χ3v) is 3.86. The number of rotatable bonds is 8. The van der Waals surface area contributed by atoms with Crippen molar-refractivity contribution in [3.8, 4) is 0 Å². The molecule has 142 valence electrons. The van der Waals surface area contributed by atoms with Gasteiger partial charge in [0.1, 0.15) is 0 Å². The van der Waals surface area contributed by atoms with Crippen molar-refractivity contribution in [3.63, 3.8) is 0 Å². The number of guanidine groups is 1. The Balaban J connectivity index is 0.00000529. The number of nitrogens with one attached hydrogen (secondary N) is 3. The van der Waals surface area contributed by atoms with Gasteiger partial charge in [-0.25, -0.2) is 4.79 Å². The summed E-state index contributed by atoms with van der Waals surface area (Å²) in [5.41, 5.74) is 0. The highest BCUT2D eigenvalue weighted by Crippen LogP contribution is 2.17. The van der Waals surface area contributed by atoms with Gasteiger partial charge in [0, 0.05) is 12.6 Å². The van der Waals surface area contributed by atoms with Gasteiger partial charge in [-0.2, -0.15) is 0 Å². The molecule has 0 saturated heterocycles. The zero-order chi connectivity index (χ0) is 17.1. The third kappa shape index (κ3) is 10.2. The number of hydrogen-bond donors (Lipinski definition) is 3. The first-order chi connectivity index (χ1) is 11.0. The number of carbonyl (C=O) groups excluding carboxylic acids is 1. The first kappa shape index (κ1) is 23.3. The second-order valence-corrected chi connectivity index (χ2v) is 6.54. The maximum atomic E-state index is 11.7. The topological polar surface area (TPSA) is 74.8 Å². The second kappa shape index (κ2) is 13.5. The molecule has 1 rings (SSSR count). The standard InChI is InChI=1S/C17H34N4O2.HI/c1-5-18-16(20-14-9-7-8-10-14)19-12-15(11-13(3)4)21-17(22)23-6-2;/h13-15H,5-12H2,1-4H3,(H,21,22)(H2,18,19,20);1H. The number of aliphatic imine (C=N–C) groups is 1. The Morgan fingerprint density at radius 2 is 1.92 bits per heavy atom. The molecule has 0 aliphatic heterocycles. The van der Waals surface area contributed by atoms with E-state index in [1.54, 1.807) is 0 Å². The number of hydrogen-bond acceptors (Lipinski definition) is 3. The van der Waals surface area contributed by atoms with Crippen LogP contribution < -0.4 is 16.0 Å². The van der Waals surface area contributed by atoms with Crippen molar-refractivity contribution < 1.29 is 9.53 Å². The monoisotopic (exact) mass is 454 g/mol. The van der Waals surface area contributed by atoms with E-state index in [0.717, 1.165) is 18.9 Å². The summed E-state index contributed by atoms with van der Waals surface area (Å²) >= 11 is 0. The minimum atomic E-state index is -0.359. The lowest BCUT2D eigenvalue weighted by Gasteiger charge is -2.21. The summed E-state index contributed by atoms with van der Waals surface area (Å²) in [5.74, 6) is 1.33. The lowest BCUT2D eigenvalue weighted by Crippen LogP contribution is -2.44. The normalized spacial score (nSPS) is 16.5. The number of carbonyl (C=O) groups is 1. The van der Waals surface area contributed by atoms with Gasteiger partial charge in [-0.3, -0.25) is 4.99 Å². The molecule has 0 aromatic rings. The van der Waals surface area contributed by atoms with Crippen molar-refractivity contribution in [3.05, 3.63) is 0 Å². The predicted molar refractivity (Wildman–Crippen MR) is 110 cm³/mol. The van der Waals surface area contributed by atoms with Crippen LogP contribution >= 0.6 is 24.0 Å². The maximum Gasteiger partial charge on any atom is 0.407 e. The van der Waals surface area contributed by atoms with Gasteiger partial charge in [0.25, 0.3) is 0 Å². The van der Waals surface area contributed by atoms with Gasteiger partial charge >= 0.3 is 6.09 Å². The fraction of sp³-hybridized carbons (Fsp3) is 0.882. The molecule has 0 aromatic carbocycles. The highest BCUT2D eigenvalue weighted by Gasteiger charge is 2.17. The van der Waals surface area contributed by atoms with Crippen LogP contribution in [-0.4, -0.2) is 43.8 Å². The van der Waals surface area contributed by atoms with Crippen molar-refractivity contribution in [2.45, 2.75) is 71.9 Å². The van der Waals surface area contributed by atoms with Crippen molar-refractivity contribution >= 4 is 36.0 Å². The van der Waals surface area contributed by atoms with Gasteiger partial charge in [0.2, 0.25) is 0 Å². The van der Waals surface area contributed by atoms with Crippen LogP contribution in [-0.2, 0) is 4.74 Å². The highest BCUT2D eigenvalue weighted by molar-refractivity contribution is 14.0. The second-order valence-electron chi connectivity index (χ2n) is 6.54. The Kier molecular flexibility index (Phi) is 13.1. The van der Waals surface area contributed by atoms with Crippen LogP contribution in [0.5, 0.6) is 0 Å². The zero-order valence-corrected chi connectivity index (χ0v) is 17.9. The smallest absolute Gasteiger partial charge is 0.407 e. The lowest BCUT2D eigenvalue weighted by atomic mass is 10.0. The molecule has 0 bridgehead atoms. The molecule has 0 aromatic heterocycles. The predicted octanol–water partition coefficient (Wildman–Crippen LogP) is 3.26. The first-order valence-corrected chi connectivity index (χ1v) is 9.03. The van der Waals surface area contributed by atoms with E-state index in [1.807, 2.05) is 6.92 Å². The summed E-state index contributed by atoms with van der Waals surface area (Å²) in [7, 11) is 0. The van der Waals surface area contributed by atoms with E-state index in [4.69, 9.17) is 4.74 Å². The van der Waals surface area contributed by atoms with E-state index in [1.165, 1.54) is 25.7 Å². The number of alkyl carbamates (subject to hydrolysis) is 1. The van der Waals surface area contributed by atoms with E-state index in [9.17, 15) is 4.79 Å².